The predicted octanol–water partition coefficient (Wildman–Crippen LogP) is 2.86. The Morgan fingerprint density at radius 1 is 0.923 bits per heavy atom. The minimum Gasteiger partial charge on any atom is -0.358 e. The van der Waals surface area contributed by atoms with Crippen LogP contribution in [0.15, 0.2) is 12.1 Å². The van der Waals surface area contributed by atoms with E-state index in [4.69, 9.17) is 0 Å². The largest absolute Gasteiger partial charge is 2.00 e. The van der Waals surface area contributed by atoms with Crippen molar-refractivity contribution in [2.45, 2.75) is 20.8 Å². The molecule has 1 aromatic rings. The molecule has 0 saturated carbocycles. The average Bonchev–Trinajstić information content (AvgIpc) is 1.83. The van der Waals surface area contributed by atoms with Crippen LogP contribution in [0.5, 0.6) is 0 Å². The minimum absolute atomic E-state index is 0. The molecule has 13 heavy (non-hydrogen) atoms. The first-order chi connectivity index (χ1) is 4.22. The fourth-order valence-electron chi connectivity index (χ4n) is 0.819. The molecule has 0 atom stereocenters. The fourth-order valence-corrected chi connectivity index (χ4v) is 0.819. The molecule has 0 heterocycles. The Morgan fingerprint density at radius 2 is 1.23 bits per heavy atom. The van der Waals surface area contributed by atoms with Crippen LogP contribution in [0.4, 0.5) is 0 Å². The molecule has 0 unspecified atom stereocenters. The second kappa shape index (κ2) is 11.7. The maximum Gasteiger partial charge on any atom is 2.00 e. The molecule has 0 aromatic heterocycles. The smallest absolute Gasteiger partial charge is 0.358 e. The molecule has 0 nitrogen and oxygen atoms in total. The maximum absolute atomic E-state index is 3.07. The van der Waals surface area contributed by atoms with Gasteiger partial charge in [0.05, 0.1) is 0 Å². The van der Waals surface area contributed by atoms with Crippen LogP contribution in [-0.4, -0.2) is 0 Å². The third-order valence-electron chi connectivity index (χ3n) is 1.78. The van der Waals surface area contributed by atoms with E-state index in [0.717, 1.165) is 0 Å². The van der Waals surface area contributed by atoms with Gasteiger partial charge in [0.2, 0.25) is 0 Å². The molecule has 0 aliphatic carbocycles. The van der Waals surface area contributed by atoms with E-state index in [1.54, 1.807) is 0 Å². The van der Waals surface area contributed by atoms with Gasteiger partial charge in [0.1, 0.15) is 0 Å². The zero-order chi connectivity index (χ0) is 6.85. The second-order valence-corrected chi connectivity index (χ2v) is 2.45. The van der Waals surface area contributed by atoms with Gasteiger partial charge in [-0.2, -0.15) is 34.9 Å². The first-order valence-corrected chi connectivity index (χ1v) is 3.15. The van der Waals surface area contributed by atoms with E-state index in [9.17, 15) is 0 Å². The quantitative estimate of drug-likeness (QED) is 0.360. The van der Waals surface area contributed by atoms with Gasteiger partial charge in [-0.1, -0.05) is 20.8 Å². The number of rotatable bonds is 0. The molecule has 0 bridgehead atoms. The van der Waals surface area contributed by atoms with Crippen LogP contribution in [0, 0.1) is 65.4 Å². The predicted molar refractivity (Wildman–Crippen MR) is 45.9 cm³/mol. The summed E-state index contributed by atoms with van der Waals surface area (Å²) in [5.74, 6) is 0. The molecule has 70 valence electrons. The molecule has 0 saturated heterocycles. The zero-order valence-corrected chi connectivity index (χ0v) is 18.5. The average molecular weight is 740 g/mol. The van der Waals surface area contributed by atoms with E-state index in [2.05, 4.69) is 26.8 Å². The summed E-state index contributed by atoms with van der Waals surface area (Å²) in [5, 5.41) is 0. The fraction of sp³-hybridized carbons (Fsp3) is 0.300. The van der Waals surface area contributed by atoms with Crippen molar-refractivity contribution in [1.82, 2.24) is 0 Å². The molecule has 0 spiro atoms. The molecular formula is C10H14UW2. The van der Waals surface area contributed by atoms with Crippen LogP contribution in [0.25, 0.3) is 0 Å². The van der Waals surface area contributed by atoms with E-state index in [-0.39, 0.29) is 80.7 Å². The Hall–Kier alpha value is 1.65. The summed E-state index contributed by atoms with van der Waals surface area (Å²) < 4.78 is 0. The number of aryl methyl sites for hydroxylation is 2. The number of hydrogen-bond acceptors (Lipinski definition) is 0. The van der Waals surface area contributed by atoms with Gasteiger partial charge in [-0.15, -0.1) is 0 Å². The van der Waals surface area contributed by atoms with Crippen LogP contribution >= 0.6 is 0 Å². The van der Waals surface area contributed by atoms with E-state index in [1.807, 2.05) is 12.1 Å². The van der Waals surface area contributed by atoms with Crippen molar-refractivity contribution in [3.05, 3.63) is 42.3 Å². The van der Waals surface area contributed by atoms with Gasteiger partial charge in [-0.3, -0.25) is 0 Å². The monoisotopic (exact) mass is 740 g/mol. The third-order valence-corrected chi connectivity index (χ3v) is 1.78. The summed E-state index contributed by atoms with van der Waals surface area (Å²) in [5.41, 5.74) is 4.04. The first-order valence-electron chi connectivity index (χ1n) is 3.15. The molecule has 0 aliphatic rings. The standard InChI is InChI=1S/C9H11.CH3.U.2W/c1-7-5-4-6-8(2)9(7)3;;;;/h5-6H,1-3H3;1H3;;;/q2*-1;+2;;. The van der Waals surface area contributed by atoms with E-state index >= 15 is 0 Å². The Kier molecular flexibility index (Phi) is 21.7. The Labute approximate surface area is 135 Å². The van der Waals surface area contributed by atoms with E-state index in [1.165, 1.54) is 16.7 Å². The Balaban J connectivity index is -0.000000101. The van der Waals surface area contributed by atoms with Gasteiger partial charge in [-0.25, -0.2) is 0 Å². The van der Waals surface area contributed by atoms with Gasteiger partial charge in [0.25, 0.3) is 0 Å². The van der Waals surface area contributed by atoms with Crippen LogP contribution < -0.4 is 0 Å². The molecule has 3 heteroatoms. The zero-order valence-electron chi connectivity index (χ0n) is 8.47. The van der Waals surface area contributed by atoms with Crippen molar-refractivity contribution in [1.29, 1.82) is 0 Å². The van der Waals surface area contributed by atoms with Gasteiger partial charge in [0.15, 0.2) is 0 Å². The van der Waals surface area contributed by atoms with Crippen molar-refractivity contribution in [2.24, 2.45) is 0 Å². The van der Waals surface area contributed by atoms with Gasteiger partial charge in [0, 0.05) is 42.1 Å². The van der Waals surface area contributed by atoms with E-state index in [0.29, 0.717) is 0 Å². The van der Waals surface area contributed by atoms with E-state index < -0.39 is 0 Å². The van der Waals surface area contributed by atoms with Crippen molar-refractivity contribution >= 4 is 0 Å². The molecule has 0 radical (unpaired) electrons. The molecular weight excluding hydrogens is 726 g/mol. The molecule has 0 amide bonds. The summed E-state index contributed by atoms with van der Waals surface area (Å²) in [4.78, 5) is 0. The number of hydrogen-bond donors (Lipinski definition) is 0. The van der Waals surface area contributed by atoms with Gasteiger partial charge >= 0.3 is 31.1 Å². The van der Waals surface area contributed by atoms with Crippen molar-refractivity contribution in [3.8, 4) is 0 Å². The van der Waals surface area contributed by atoms with Crippen LogP contribution in [0.2, 0.25) is 0 Å². The van der Waals surface area contributed by atoms with Crippen molar-refractivity contribution < 1.29 is 73.2 Å². The molecule has 1 rings (SSSR count). The molecule has 0 N–H and O–H groups in total. The topological polar surface area (TPSA) is 0 Å². The van der Waals surface area contributed by atoms with Crippen LogP contribution in [0.3, 0.4) is 0 Å². The second-order valence-electron chi connectivity index (χ2n) is 2.45. The normalized spacial score (nSPS) is 6.69. The minimum atomic E-state index is 0. The van der Waals surface area contributed by atoms with Crippen molar-refractivity contribution in [3.63, 3.8) is 0 Å². The summed E-state index contributed by atoms with van der Waals surface area (Å²) in [7, 11) is 0. The summed E-state index contributed by atoms with van der Waals surface area (Å²) in [6, 6.07) is 7.10. The van der Waals surface area contributed by atoms with Crippen LogP contribution in [0.1, 0.15) is 16.7 Å². The molecule has 0 fully saturated rings. The van der Waals surface area contributed by atoms with Crippen LogP contribution in [-0.2, 0) is 42.1 Å². The maximum atomic E-state index is 3.07. The van der Waals surface area contributed by atoms with Crippen molar-refractivity contribution in [2.75, 3.05) is 0 Å². The molecule has 0 aliphatic heterocycles. The Morgan fingerprint density at radius 3 is 1.46 bits per heavy atom. The number of benzene rings is 1. The molecule has 1 aromatic carbocycles. The SMILES string of the molecule is Cc1c[c-]cc(C)c1C.[CH3-].[U+2].[W].[W]. The third kappa shape index (κ3) is 7.56. The summed E-state index contributed by atoms with van der Waals surface area (Å²) in [6.45, 7) is 6.36. The Bertz CT molecular complexity index is 204. The van der Waals surface area contributed by atoms with Gasteiger partial charge < -0.3 is 7.43 Å². The van der Waals surface area contributed by atoms with Gasteiger partial charge in [-0.05, 0) is 0 Å². The first kappa shape index (κ1) is 24.1. The summed E-state index contributed by atoms with van der Waals surface area (Å²) >= 11 is 0. The summed E-state index contributed by atoms with van der Waals surface area (Å²) in [6.07, 6.45) is 0.